The monoisotopic (exact) mass is 323 g/mol. The minimum absolute atomic E-state index is 0.0819. The van der Waals surface area contributed by atoms with Crippen molar-refractivity contribution in [2.75, 3.05) is 5.32 Å². The van der Waals surface area contributed by atoms with E-state index in [2.05, 4.69) is 36.5 Å². The van der Waals surface area contributed by atoms with Crippen molar-refractivity contribution in [3.05, 3.63) is 39.0 Å². The number of anilines is 1. The highest BCUT2D eigenvalue weighted by Gasteiger charge is 2.23. The van der Waals surface area contributed by atoms with Crippen molar-refractivity contribution in [1.29, 1.82) is 0 Å². The fourth-order valence-electron chi connectivity index (χ4n) is 1.84. The van der Waals surface area contributed by atoms with Crippen LogP contribution in [-0.4, -0.2) is 20.0 Å². The molecule has 1 aliphatic rings. The Morgan fingerprint density at radius 1 is 1.53 bits per heavy atom. The van der Waals surface area contributed by atoms with Crippen molar-refractivity contribution in [2.24, 2.45) is 5.92 Å². The lowest BCUT2D eigenvalue weighted by Gasteiger charge is -2.09. The number of H-pyrrole nitrogens is 1. The number of nitrogens with one attached hydrogen (secondary N) is 2. The molecule has 0 unspecified atom stereocenters. The average Bonchev–Trinajstić information content (AvgIpc) is 3.07. The van der Waals surface area contributed by atoms with Gasteiger partial charge in [-0.05, 0) is 40.8 Å². The molecule has 0 saturated heterocycles. The van der Waals surface area contributed by atoms with Gasteiger partial charge in [0.2, 0.25) is 0 Å². The van der Waals surface area contributed by atoms with Gasteiger partial charge in [-0.15, -0.1) is 0 Å². The van der Waals surface area contributed by atoms with E-state index in [4.69, 9.17) is 0 Å². The number of rotatable bonds is 5. The smallest absolute Gasteiger partial charge is 0.283 e. The van der Waals surface area contributed by atoms with Crippen LogP contribution in [0.4, 0.5) is 5.69 Å². The quantitative estimate of drug-likeness (QED) is 0.879. The highest BCUT2D eigenvalue weighted by atomic mass is 79.9. The average molecular weight is 324 g/mol. The van der Waals surface area contributed by atoms with Crippen molar-refractivity contribution in [3.63, 3.8) is 0 Å². The van der Waals surface area contributed by atoms with Gasteiger partial charge in [-0.3, -0.25) is 9.89 Å². The van der Waals surface area contributed by atoms with Gasteiger partial charge in [-0.25, -0.2) is 4.68 Å². The van der Waals surface area contributed by atoms with Crippen molar-refractivity contribution in [3.8, 4) is 0 Å². The Hall–Kier alpha value is -1.63. The molecule has 6 nitrogen and oxygen atoms in total. The van der Waals surface area contributed by atoms with Crippen LogP contribution in [0.25, 0.3) is 0 Å². The van der Waals surface area contributed by atoms with Crippen LogP contribution in [-0.2, 0) is 13.1 Å². The lowest BCUT2D eigenvalue weighted by Crippen LogP contribution is -2.25. The van der Waals surface area contributed by atoms with Gasteiger partial charge >= 0.3 is 0 Å². The van der Waals surface area contributed by atoms with Crippen molar-refractivity contribution in [2.45, 2.75) is 25.9 Å². The van der Waals surface area contributed by atoms with Crippen LogP contribution in [0.5, 0.6) is 0 Å². The number of hydrogen-bond acceptors (Lipinski definition) is 4. The molecule has 0 atom stereocenters. The Kier molecular flexibility index (Phi) is 3.37. The zero-order valence-corrected chi connectivity index (χ0v) is 11.9. The number of nitrogens with zero attached hydrogens (tertiary/aromatic N) is 3. The molecule has 0 spiro atoms. The molecule has 1 aliphatic carbocycles. The summed E-state index contributed by atoms with van der Waals surface area (Å²) < 4.78 is 2.06. The van der Waals surface area contributed by atoms with Crippen molar-refractivity contribution >= 4 is 21.6 Å². The van der Waals surface area contributed by atoms with Gasteiger partial charge in [0.25, 0.3) is 5.56 Å². The Balaban J connectivity index is 1.74. The summed E-state index contributed by atoms with van der Waals surface area (Å²) >= 11 is 3.34. The van der Waals surface area contributed by atoms with Gasteiger partial charge in [-0.1, -0.05) is 0 Å². The van der Waals surface area contributed by atoms with Crippen LogP contribution in [0, 0.1) is 5.92 Å². The molecule has 0 bridgehead atoms. The van der Waals surface area contributed by atoms with Crippen LogP contribution in [0.1, 0.15) is 18.5 Å². The second-order valence-electron chi connectivity index (χ2n) is 4.74. The highest BCUT2D eigenvalue weighted by molar-refractivity contribution is 9.10. The highest BCUT2D eigenvalue weighted by Crippen LogP contribution is 2.30. The van der Waals surface area contributed by atoms with Gasteiger partial charge in [0.1, 0.15) is 4.47 Å². The van der Waals surface area contributed by atoms with Crippen LogP contribution in [0.15, 0.2) is 27.7 Å². The Morgan fingerprint density at radius 3 is 3.05 bits per heavy atom. The Labute approximate surface area is 118 Å². The topological polar surface area (TPSA) is 75.6 Å². The summed E-state index contributed by atoms with van der Waals surface area (Å²) in [6, 6.07) is 1.88. The fraction of sp³-hybridized carbons (Fsp3) is 0.417. The predicted octanol–water partition coefficient (Wildman–Crippen LogP) is 1.75. The molecule has 0 amide bonds. The zero-order chi connectivity index (χ0) is 13.2. The van der Waals surface area contributed by atoms with E-state index < -0.39 is 0 Å². The minimum Gasteiger partial charge on any atom is -0.377 e. The second-order valence-corrected chi connectivity index (χ2v) is 5.53. The van der Waals surface area contributed by atoms with Crippen LogP contribution in [0.2, 0.25) is 0 Å². The lowest BCUT2D eigenvalue weighted by molar-refractivity contribution is 0.532. The minimum atomic E-state index is -0.0819. The molecule has 1 saturated carbocycles. The number of halogens is 1. The Bertz CT molecular complexity index is 618. The summed E-state index contributed by atoms with van der Waals surface area (Å²) in [6.07, 6.45) is 5.78. The molecule has 3 rings (SSSR count). The molecule has 0 aliphatic heterocycles. The third-order valence-corrected chi connectivity index (χ3v) is 3.91. The molecule has 0 aromatic carbocycles. The molecule has 0 radical (unpaired) electrons. The predicted molar refractivity (Wildman–Crippen MR) is 74.8 cm³/mol. The lowest BCUT2D eigenvalue weighted by atomic mass is 10.4. The third kappa shape index (κ3) is 2.86. The third-order valence-electron chi connectivity index (χ3n) is 3.14. The number of hydrogen-bond donors (Lipinski definition) is 2. The molecule has 2 heterocycles. The van der Waals surface area contributed by atoms with Crippen LogP contribution >= 0.6 is 15.9 Å². The van der Waals surface area contributed by atoms with Gasteiger partial charge in [-0.2, -0.15) is 10.2 Å². The normalized spacial score (nSPS) is 14.6. The van der Waals surface area contributed by atoms with E-state index in [1.807, 2.05) is 6.07 Å². The molecule has 2 N–H and O–H groups in total. The largest absolute Gasteiger partial charge is 0.377 e. The van der Waals surface area contributed by atoms with E-state index in [0.717, 1.165) is 12.2 Å². The molecular weight excluding hydrogens is 310 g/mol. The number of aromatic nitrogens is 4. The maximum atomic E-state index is 12.1. The van der Waals surface area contributed by atoms with E-state index in [1.165, 1.54) is 17.5 Å². The first kappa shape index (κ1) is 12.4. The summed E-state index contributed by atoms with van der Waals surface area (Å²) in [4.78, 5) is 12.1. The Morgan fingerprint density at radius 2 is 2.37 bits per heavy atom. The molecule has 2 aromatic rings. The van der Waals surface area contributed by atoms with Crippen molar-refractivity contribution in [1.82, 2.24) is 20.0 Å². The standard InChI is InChI=1S/C12H14BrN5O/c13-11-10(14-5-9-3-4-15-17-9)6-16-18(12(11)19)7-8-1-2-8/h3-4,6,8,14H,1-2,5,7H2,(H,15,17). The summed E-state index contributed by atoms with van der Waals surface area (Å²) in [5.74, 6) is 0.626. The summed E-state index contributed by atoms with van der Waals surface area (Å²) in [5, 5.41) is 14.1. The van der Waals surface area contributed by atoms with E-state index in [-0.39, 0.29) is 5.56 Å². The summed E-state index contributed by atoms with van der Waals surface area (Å²) in [5.41, 5.74) is 1.57. The maximum Gasteiger partial charge on any atom is 0.283 e. The molecule has 19 heavy (non-hydrogen) atoms. The van der Waals surface area contributed by atoms with Gasteiger partial charge < -0.3 is 5.32 Å². The molecular formula is C12H14BrN5O. The number of aromatic amines is 1. The first-order chi connectivity index (χ1) is 9.24. The van der Waals surface area contributed by atoms with E-state index in [1.54, 1.807) is 12.4 Å². The van der Waals surface area contributed by atoms with Gasteiger partial charge in [0.15, 0.2) is 0 Å². The van der Waals surface area contributed by atoms with Crippen LogP contribution < -0.4 is 10.9 Å². The van der Waals surface area contributed by atoms with Crippen molar-refractivity contribution < 1.29 is 0 Å². The molecule has 1 fully saturated rings. The zero-order valence-electron chi connectivity index (χ0n) is 10.3. The summed E-state index contributed by atoms with van der Waals surface area (Å²) in [6.45, 7) is 1.30. The van der Waals surface area contributed by atoms with E-state index >= 15 is 0 Å². The first-order valence-corrected chi connectivity index (χ1v) is 7.01. The van der Waals surface area contributed by atoms with E-state index in [0.29, 0.717) is 22.6 Å². The fourth-order valence-corrected chi connectivity index (χ4v) is 2.28. The first-order valence-electron chi connectivity index (χ1n) is 6.22. The second kappa shape index (κ2) is 5.16. The molecule has 2 aromatic heterocycles. The van der Waals surface area contributed by atoms with Gasteiger partial charge in [0, 0.05) is 12.7 Å². The summed E-state index contributed by atoms with van der Waals surface area (Å²) in [7, 11) is 0. The maximum absolute atomic E-state index is 12.1. The molecule has 100 valence electrons. The SMILES string of the molecule is O=c1c(Br)c(NCc2ccn[nH]2)cnn1CC1CC1. The molecule has 7 heteroatoms. The van der Waals surface area contributed by atoms with E-state index in [9.17, 15) is 4.79 Å². The van der Waals surface area contributed by atoms with Gasteiger partial charge in [0.05, 0.1) is 24.1 Å². The van der Waals surface area contributed by atoms with Crippen LogP contribution in [0.3, 0.4) is 0 Å².